The second kappa shape index (κ2) is 9.61. The van der Waals surface area contributed by atoms with Gasteiger partial charge in [-0.05, 0) is 44.5 Å². The van der Waals surface area contributed by atoms with Crippen LogP contribution in [0.2, 0.25) is 0 Å². The van der Waals surface area contributed by atoms with Crippen molar-refractivity contribution in [3.8, 4) is 5.75 Å². The minimum Gasteiger partial charge on any atom is -0.481 e. The third-order valence-electron chi connectivity index (χ3n) is 3.95. The number of hydrogen-bond acceptors (Lipinski definition) is 3. The minimum atomic E-state index is -0.686. The zero-order chi connectivity index (χ0) is 18.9. The number of nitrogens with one attached hydrogen (secondary N) is 2. The highest BCUT2D eigenvalue weighted by atomic mass is 16.5. The quantitative estimate of drug-likeness (QED) is 0.706. The molecule has 0 radical (unpaired) electrons. The largest absolute Gasteiger partial charge is 0.481 e. The topological polar surface area (TPSA) is 67.4 Å². The van der Waals surface area contributed by atoms with Crippen LogP contribution in [0.15, 0.2) is 48.5 Å². The maximum absolute atomic E-state index is 12.5. The standard InChI is InChI=1S/C21H26N2O3/c1-4-5-14-22-21(25)18-8-6-7-9-19(18)23-20(24)16(3)26-17-12-10-15(2)11-13-17/h6-13,16H,4-5,14H2,1-3H3,(H,22,25)(H,23,24). The van der Waals surface area contributed by atoms with E-state index in [1.807, 2.05) is 31.2 Å². The van der Waals surface area contributed by atoms with Crippen LogP contribution in [0.1, 0.15) is 42.6 Å². The molecule has 0 bridgehead atoms. The molecule has 0 heterocycles. The second-order valence-electron chi connectivity index (χ2n) is 6.22. The number of benzene rings is 2. The lowest BCUT2D eigenvalue weighted by atomic mass is 10.1. The van der Waals surface area contributed by atoms with Crippen molar-refractivity contribution >= 4 is 17.5 Å². The van der Waals surface area contributed by atoms with E-state index in [1.165, 1.54) is 0 Å². The lowest BCUT2D eigenvalue weighted by Gasteiger charge is -2.16. The first kappa shape index (κ1) is 19.5. The highest BCUT2D eigenvalue weighted by molar-refractivity contribution is 6.04. The van der Waals surface area contributed by atoms with Crippen molar-refractivity contribution in [1.82, 2.24) is 5.32 Å². The summed E-state index contributed by atoms with van der Waals surface area (Å²) >= 11 is 0. The van der Waals surface area contributed by atoms with Crippen molar-refractivity contribution in [2.45, 2.75) is 39.7 Å². The Kier molecular flexibility index (Phi) is 7.21. The predicted octanol–water partition coefficient (Wildman–Crippen LogP) is 3.93. The molecular weight excluding hydrogens is 328 g/mol. The molecule has 0 aromatic heterocycles. The van der Waals surface area contributed by atoms with Gasteiger partial charge in [-0.1, -0.05) is 43.2 Å². The SMILES string of the molecule is CCCCNC(=O)c1ccccc1NC(=O)C(C)Oc1ccc(C)cc1. The molecule has 0 saturated heterocycles. The summed E-state index contributed by atoms with van der Waals surface area (Å²) < 4.78 is 5.67. The smallest absolute Gasteiger partial charge is 0.265 e. The summed E-state index contributed by atoms with van der Waals surface area (Å²) in [4.78, 5) is 24.8. The number of carbonyl (C=O) groups is 2. The number of amides is 2. The first-order valence-electron chi connectivity index (χ1n) is 8.92. The molecule has 2 N–H and O–H groups in total. The molecule has 1 unspecified atom stereocenters. The lowest BCUT2D eigenvalue weighted by Crippen LogP contribution is -2.32. The number of rotatable bonds is 8. The molecule has 0 fully saturated rings. The Hall–Kier alpha value is -2.82. The molecule has 0 spiro atoms. The summed E-state index contributed by atoms with van der Waals surface area (Å²) in [6, 6.07) is 14.5. The fraction of sp³-hybridized carbons (Fsp3) is 0.333. The Balaban J connectivity index is 2.01. The third kappa shape index (κ3) is 5.62. The summed E-state index contributed by atoms with van der Waals surface area (Å²) in [6.07, 6.45) is 1.24. The summed E-state index contributed by atoms with van der Waals surface area (Å²) in [5, 5.41) is 5.65. The number of carbonyl (C=O) groups excluding carboxylic acids is 2. The first-order valence-corrected chi connectivity index (χ1v) is 8.92. The Morgan fingerprint density at radius 3 is 2.46 bits per heavy atom. The number of unbranched alkanes of at least 4 members (excludes halogenated alkanes) is 1. The van der Waals surface area contributed by atoms with Crippen molar-refractivity contribution in [2.75, 3.05) is 11.9 Å². The number of anilines is 1. The third-order valence-corrected chi connectivity index (χ3v) is 3.95. The van der Waals surface area contributed by atoms with Gasteiger partial charge in [0, 0.05) is 6.54 Å². The Bertz CT molecular complexity index is 741. The molecule has 1 atom stereocenters. The van der Waals surface area contributed by atoms with E-state index in [1.54, 1.807) is 31.2 Å². The minimum absolute atomic E-state index is 0.193. The van der Waals surface area contributed by atoms with Gasteiger partial charge in [0.1, 0.15) is 5.75 Å². The van der Waals surface area contributed by atoms with Gasteiger partial charge in [-0.25, -0.2) is 0 Å². The number of para-hydroxylation sites is 1. The Labute approximate surface area is 154 Å². The molecule has 0 aliphatic heterocycles. The zero-order valence-corrected chi connectivity index (χ0v) is 15.5. The Morgan fingerprint density at radius 1 is 1.08 bits per heavy atom. The fourth-order valence-corrected chi connectivity index (χ4v) is 2.37. The van der Waals surface area contributed by atoms with Crippen LogP contribution in [0, 0.1) is 6.92 Å². The maximum Gasteiger partial charge on any atom is 0.265 e. The van der Waals surface area contributed by atoms with Gasteiger partial charge in [-0.15, -0.1) is 0 Å². The highest BCUT2D eigenvalue weighted by Gasteiger charge is 2.18. The summed E-state index contributed by atoms with van der Waals surface area (Å²) in [5.41, 5.74) is 2.04. The van der Waals surface area contributed by atoms with Gasteiger partial charge in [-0.2, -0.15) is 0 Å². The lowest BCUT2D eigenvalue weighted by molar-refractivity contribution is -0.122. The van der Waals surface area contributed by atoms with E-state index in [0.29, 0.717) is 23.5 Å². The van der Waals surface area contributed by atoms with E-state index in [0.717, 1.165) is 18.4 Å². The number of aryl methyl sites for hydroxylation is 1. The van der Waals surface area contributed by atoms with Crippen LogP contribution in [0.25, 0.3) is 0 Å². The average molecular weight is 354 g/mol. The van der Waals surface area contributed by atoms with Crippen molar-refractivity contribution in [1.29, 1.82) is 0 Å². The molecule has 0 aliphatic carbocycles. The number of ether oxygens (including phenoxy) is 1. The monoisotopic (exact) mass is 354 g/mol. The van der Waals surface area contributed by atoms with Crippen LogP contribution < -0.4 is 15.4 Å². The van der Waals surface area contributed by atoms with E-state index in [4.69, 9.17) is 4.74 Å². The fourth-order valence-electron chi connectivity index (χ4n) is 2.37. The van der Waals surface area contributed by atoms with Gasteiger partial charge in [0.2, 0.25) is 0 Å². The molecule has 0 aliphatic rings. The molecule has 2 rings (SSSR count). The van der Waals surface area contributed by atoms with Gasteiger partial charge in [-0.3, -0.25) is 9.59 Å². The molecule has 0 saturated carbocycles. The van der Waals surface area contributed by atoms with Crippen molar-refractivity contribution in [3.05, 3.63) is 59.7 Å². The molecular formula is C21H26N2O3. The van der Waals surface area contributed by atoms with Gasteiger partial charge < -0.3 is 15.4 Å². The second-order valence-corrected chi connectivity index (χ2v) is 6.22. The molecule has 26 heavy (non-hydrogen) atoms. The number of hydrogen-bond donors (Lipinski definition) is 2. The predicted molar refractivity (Wildman–Crippen MR) is 104 cm³/mol. The van der Waals surface area contributed by atoms with E-state index in [2.05, 4.69) is 17.6 Å². The van der Waals surface area contributed by atoms with Crippen molar-refractivity contribution < 1.29 is 14.3 Å². The van der Waals surface area contributed by atoms with Gasteiger partial charge in [0.15, 0.2) is 6.10 Å². The Morgan fingerprint density at radius 2 is 1.77 bits per heavy atom. The molecule has 2 aromatic carbocycles. The summed E-state index contributed by atoms with van der Waals surface area (Å²) in [5.74, 6) is 0.129. The molecule has 5 nitrogen and oxygen atoms in total. The normalized spacial score (nSPS) is 11.5. The van der Waals surface area contributed by atoms with Crippen LogP contribution in [-0.4, -0.2) is 24.5 Å². The molecule has 2 amide bonds. The van der Waals surface area contributed by atoms with Crippen LogP contribution in [0.4, 0.5) is 5.69 Å². The van der Waals surface area contributed by atoms with Gasteiger partial charge in [0.05, 0.1) is 11.3 Å². The van der Waals surface area contributed by atoms with E-state index in [9.17, 15) is 9.59 Å². The average Bonchev–Trinajstić information content (AvgIpc) is 2.64. The van der Waals surface area contributed by atoms with E-state index >= 15 is 0 Å². The highest BCUT2D eigenvalue weighted by Crippen LogP contribution is 2.17. The van der Waals surface area contributed by atoms with Crippen LogP contribution in [0.5, 0.6) is 5.75 Å². The van der Waals surface area contributed by atoms with Crippen molar-refractivity contribution in [3.63, 3.8) is 0 Å². The van der Waals surface area contributed by atoms with Crippen LogP contribution in [0.3, 0.4) is 0 Å². The van der Waals surface area contributed by atoms with Crippen LogP contribution >= 0.6 is 0 Å². The van der Waals surface area contributed by atoms with Gasteiger partial charge in [0.25, 0.3) is 11.8 Å². The first-order chi connectivity index (χ1) is 12.5. The maximum atomic E-state index is 12.5. The molecule has 138 valence electrons. The van der Waals surface area contributed by atoms with E-state index < -0.39 is 6.10 Å². The summed E-state index contributed by atoms with van der Waals surface area (Å²) in [7, 11) is 0. The van der Waals surface area contributed by atoms with Gasteiger partial charge >= 0.3 is 0 Å². The molecule has 2 aromatic rings. The van der Waals surface area contributed by atoms with E-state index in [-0.39, 0.29) is 11.8 Å². The van der Waals surface area contributed by atoms with Crippen molar-refractivity contribution in [2.24, 2.45) is 0 Å². The zero-order valence-electron chi connectivity index (χ0n) is 15.5. The molecule has 5 heteroatoms. The summed E-state index contributed by atoms with van der Waals surface area (Å²) in [6.45, 7) is 6.35. The van der Waals surface area contributed by atoms with Crippen LogP contribution in [-0.2, 0) is 4.79 Å².